The van der Waals surface area contributed by atoms with Crippen molar-refractivity contribution in [3.8, 4) is 5.75 Å². The average Bonchev–Trinajstić information content (AvgIpc) is 3.32. The minimum atomic E-state index is -1.63. The number of benzene rings is 2. The summed E-state index contributed by atoms with van der Waals surface area (Å²) in [7, 11) is 0. The van der Waals surface area contributed by atoms with Gasteiger partial charge in [0.25, 0.3) is 0 Å². The molecule has 8 atom stereocenters. The first kappa shape index (κ1) is 59.6. The number of hydrogen-bond donors (Lipinski definition) is 15. The highest BCUT2D eigenvalue weighted by molar-refractivity contribution is 7.80. The van der Waals surface area contributed by atoms with Crippen LogP contribution in [-0.2, 0) is 60.8 Å². The second-order valence-electron chi connectivity index (χ2n) is 16.5. The molecule has 0 aliphatic rings. The molecule has 0 saturated heterocycles. The van der Waals surface area contributed by atoms with Gasteiger partial charge in [-0.05, 0) is 54.9 Å². The third-order valence-corrected chi connectivity index (χ3v) is 11.2. The summed E-state index contributed by atoms with van der Waals surface area (Å²) in [5.41, 5.74) is 17.2. The number of nitrogens with one attached hydrogen (secondary N) is 7. The molecule has 0 saturated carbocycles. The highest BCUT2D eigenvalue weighted by atomic mass is 32.1. The van der Waals surface area contributed by atoms with Gasteiger partial charge in [0.2, 0.25) is 41.4 Å². The molecule has 2 aromatic rings. The van der Waals surface area contributed by atoms with Crippen LogP contribution in [0.15, 0.2) is 59.6 Å². The van der Waals surface area contributed by atoms with Crippen molar-refractivity contribution < 1.29 is 68.4 Å². The molecular formula is C45H65N11O14S. The highest BCUT2D eigenvalue weighted by Crippen LogP contribution is 2.15. The number of guanidine groups is 1. The largest absolute Gasteiger partial charge is 0.508 e. The summed E-state index contributed by atoms with van der Waals surface area (Å²) in [6, 6.07) is 3.70. The van der Waals surface area contributed by atoms with Gasteiger partial charge in [0, 0.05) is 38.0 Å². The number of thiol groups is 1. The van der Waals surface area contributed by atoms with Crippen LogP contribution >= 0.6 is 12.6 Å². The first-order chi connectivity index (χ1) is 33.5. The van der Waals surface area contributed by atoms with E-state index in [2.05, 4.69) is 54.8 Å². The topological polar surface area (TPSA) is 426 Å². The molecule has 0 radical (unpaired) electrons. The van der Waals surface area contributed by atoms with Gasteiger partial charge in [0.1, 0.15) is 42.0 Å². The first-order valence-corrected chi connectivity index (χ1v) is 23.2. The first-order valence-electron chi connectivity index (χ1n) is 22.5. The van der Waals surface area contributed by atoms with Gasteiger partial charge in [0.05, 0.1) is 12.6 Å². The standard InChI is InChI=1S/C45H65N11O14S/c1-3-24(2)37(56-40(65)29(15-17-35(59)60)51-34(58)22-50-38(63)28(46)23-71)43(68)55-33(21-26-11-13-27(57)14-12-26)42(67)54-32(20-25-8-5-4-6-9-25)41(66)52-30(16-18-36(61)62)39(64)53-31(44(69)70)10-7-19-49-45(47)48/h4-6,8-9,11-14,24,28-33,37,57,71H,3,7,10,15-23,46H2,1-2H3,(H,50,63)(H,51,58)(H,52,66)(H,53,64)(H,54,67)(H,55,68)(H,56,65)(H,59,60)(H,61,62)(H,69,70)(H4,47,48,49)/t24-,28-,29-,30-,31-,32-,33-,37-/m0/s1. The summed E-state index contributed by atoms with van der Waals surface area (Å²) in [4.78, 5) is 134. The maximum absolute atomic E-state index is 14.5. The zero-order chi connectivity index (χ0) is 53.2. The molecule has 0 spiro atoms. The van der Waals surface area contributed by atoms with E-state index in [-0.39, 0.29) is 56.1 Å². The second-order valence-corrected chi connectivity index (χ2v) is 16.8. The summed E-state index contributed by atoms with van der Waals surface area (Å²) in [5.74, 6) is -11.6. The Morgan fingerprint density at radius 3 is 1.61 bits per heavy atom. The SMILES string of the molecule is CC[C@H](C)[C@H](NC(=O)[C@H](CCC(=O)O)NC(=O)CNC(=O)[C@@H](N)CS)C(=O)N[C@@H](Cc1ccc(O)cc1)C(=O)N[C@@H](Cc1ccccc1)C(=O)N[C@@H](CCC(=O)O)C(=O)N[C@@H](CCCN=C(N)N)C(=O)O. The minimum Gasteiger partial charge on any atom is -0.508 e. The number of nitrogens with two attached hydrogens (primary N) is 3. The Labute approximate surface area is 414 Å². The van der Waals surface area contributed by atoms with Crippen molar-refractivity contribution >= 4 is 77.8 Å². The van der Waals surface area contributed by atoms with Crippen LogP contribution in [0.2, 0.25) is 0 Å². The molecule has 0 fully saturated rings. The maximum atomic E-state index is 14.5. The second kappa shape index (κ2) is 30.9. The van der Waals surface area contributed by atoms with Gasteiger partial charge < -0.3 is 74.8 Å². The van der Waals surface area contributed by atoms with Crippen molar-refractivity contribution in [1.29, 1.82) is 0 Å². The number of carboxylic acid groups (broad SMARTS) is 3. The van der Waals surface area contributed by atoms with Gasteiger partial charge in [-0.1, -0.05) is 62.7 Å². The molecule has 0 heterocycles. The highest BCUT2D eigenvalue weighted by Gasteiger charge is 2.35. The van der Waals surface area contributed by atoms with Crippen LogP contribution in [0.4, 0.5) is 0 Å². The van der Waals surface area contributed by atoms with Gasteiger partial charge in [-0.25, -0.2) is 4.79 Å². The molecule has 71 heavy (non-hydrogen) atoms. The van der Waals surface area contributed by atoms with Gasteiger partial charge in [-0.2, -0.15) is 12.6 Å². The summed E-state index contributed by atoms with van der Waals surface area (Å²) in [5, 5.41) is 55.8. The van der Waals surface area contributed by atoms with Crippen LogP contribution in [0.1, 0.15) is 69.9 Å². The van der Waals surface area contributed by atoms with E-state index >= 15 is 0 Å². The Balaban J connectivity index is 2.52. The number of carboxylic acids is 3. The third kappa shape index (κ3) is 22.7. The van der Waals surface area contributed by atoms with E-state index in [0.29, 0.717) is 11.1 Å². The van der Waals surface area contributed by atoms with Crippen LogP contribution in [-0.4, -0.2) is 147 Å². The number of amides is 7. The summed E-state index contributed by atoms with van der Waals surface area (Å²) in [6.07, 6.45) is -2.36. The van der Waals surface area contributed by atoms with Crippen molar-refractivity contribution in [3.63, 3.8) is 0 Å². The molecule has 2 aromatic carbocycles. The molecule has 0 aliphatic heterocycles. The Hall–Kier alpha value is -7.48. The summed E-state index contributed by atoms with van der Waals surface area (Å²) < 4.78 is 0. The predicted octanol–water partition coefficient (Wildman–Crippen LogP) is -2.63. The zero-order valence-corrected chi connectivity index (χ0v) is 40.2. The lowest BCUT2D eigenvalue weighted by molar-refractivity contribution is -0.143. The number of carbonyl (C=O) groups excluding carboxylic acids is 7. The Kier molecular flexibility index (Phi) is 26.0. The zero-order valence-electron chi connectivity index (χ0n) is 39.3. The van der Waals surface area contributed by atoms with Crippen molar-refractivity contribution in [2.45, 2.75) is 114 Å². The fourth-order valence-electron chi connectivity index (χ4n) is 6.63. The Morgan fingerprint density at radius 1 is 0.620 bits per heavy atom. The van der Waals surface area contributed by atoms with Gasteiger partial charge in [0.15, 0.2) is 5.96 Å². The van der Waals surface area contributed by atoms with Gasteiger partial charge in [-0.3, -0.25) is 48.1 Å². The molecule has 26 heteroatoms. The molecule has 390 valence electrons. The smallest absolute Gasteiger partial charge is 0.326 e. The van der Waals surface area contributed by atoms with Crippen LogP contribution in [0.5, 0.6) is 5.75 Å². The van der Waals surface area contributed by atoms with E-state index in [0.717, 1.165) is 0 Å². The molecule has 17 N–H and O–H groups in total. The fourth-order valence-corrected chi connectivity index (χ4v) is 6.80. The predicted molar refractivity (Wildman–Crippen MR) is 259 cm³/mol. The van der Waals surface area contributed by atoms with Crippen molar-refractivity contribution in [3.05, 3.63) is 65.7 Å². The lowest BCUT2D eigenvalue weighted by Gasteiger charge is -2.29. The maximum Gasteiger partial charge on any atom is 0.326 e. The Bertz CT molecular complexity index is 2180. The molecule has 0 aromatic heterocycles. The number of rotatable bonds is 32. The molecule has 0 aliphatic carbocycles. The van der Waals surface area contributed by atoms with Crippen molar-refractivity contribution in [1.82, 2.24) is 37.2 Å². The molecule has 0 bridgehead atoms. The number of carbonyl (C=O) groups is 10. The number of phenols is 1. The quantitative estimate of drug-likeness (QED) is 0.0154. The number of hydrogen-bond acceptors (Lipinski definition) is 14. The van der Waals surface area contributed by atoms with Crippen LogP contribution in [0, 0.1) is 5.92 Å². The number of aliphatic imine (C=N–C) groups is 1. The molecule has 25 nitrogen and oxygen atoms in total. The van der Waals surface area contributed by atoms with Gasteiger partial charge >= 0.3 is 17.9 Å². The third-order valence-electron chi connectivity index (χ3n) is 10.8. The van der Waals surface area contributed by atoms with Gasteiger partial charge in [-0.15, -0.1) is 0 Å². The molecule has 2 rings (SSSR count). The fraction of sp³-hybridized carbons (Fsp3) is 0.489. The van der Waals surface area contributed by atoms with E-state index in [1.54, 1.807) is 44.2 Å². The van der Waals surface area contributed by atoms with E-state index in [4.69, 9.17) is 17.2 Å². The van der Waals surface area contributed by atoms with Crippen LogP contribution < -0.4 is 54.4 Å². The number of aromatic hydroxyl groups is 1. The van der Waals surface area contributed by atoms with Crippen LogP contribution in [0.3, 0.4) is 0 Å². The van der Waals surface area contributed by atoms with E-state index in [1.165, 1.54) is 24.3 Å². The number of phenolic OH excluding ortho intramolecular Hbond substituents is 1. The molecule has 7 amide bonds. The van der Waals surface area contributed by atoms with Crippen LogP contribution in [0.25, 0.3) is 0 Å². The summed E-state index contributed by atoms with van der Waals surface area (Å²) >= 11 is 3.93. The molecule has 0 unspecified atom stereocenters. The lowest BCUT2D eigenvalue weighted by Crippen LogP contribution is -2.61. The van der Waals surface area contributed by atoms with Crippen molar-refractivity contribution in [2.24, 2.45) is 28.1 Å². The lowest BCUT2D eigenvalue weighted by atomic mass is 9.96. The normalized spacial score (nSPS) is 14.2. The van der Waals surface area contributed by atoms with Crippen molar-refractivity contribution in [2.75, 3.05) is 18.8 Å². The van der Waals surface area contributed by atoms with E-state index in [1.807, 2.05) is 0 Å². The minimum absolute atomic E-state index is 0.0302. The molecular weight excluding hydrogens is 951 g/mol. The Morgan fingerprint density at radius 2 is 1.10 bits per heavy atom. The number of nitrogens with zero attached hydrogens (tertiary/aromatic N) is 1. The number of aliphatic carboxylic acids is 3. The van der Waals surface area contributed by atoms with E-state index < -0.39 is 140 Å². The monoisotopic (exact) mass is 1020 g/mol. The average molecular weight is 1020 g/mol. The van der Waals surface area contributed by atoms with E-state index in [9.17, 15) is 68.4 Å². The summed E-state index contributed by atoms with van der Waals surface area (Å²) in [6.45, 7) is 2.71.